The van der Waals surface area contributed by atoms with Crippen molar-refractivity contribution in [2.75, 3.05) is 0 Å². The zero-order chi connectivity index (χ0) is 8.27. The minimum Gasteiger partial charge on any atom is -0.327 e. The summed E-state index contributed by atoms with van der Waals surface area (Å²) < 4.78 is 0. The van der Waals surface area contributed by atoms with Crippen LogP contribution < -0.4 is 5.32 Å². The van der Waals surface area contributed by atoms with E-state index >= 15 is 0 Å². The molecule has 2 heteroatoms. The van der Waals surface area contributed by atoms with Crippen molar-refractivity contribution < 1.29 is 4.79 Å². The van der Waals surface area contributed by atoms with E-state index in [4.69, 9.17) is 0 Å². The highest BCUT2D eigenvalue weighted by Gasteiger charge is 1.99. The van der Waals surface area contributed by atoms with Crippen LogP contribution in [0.1, 0.15) is 13.3 Å². The summed E-state index contributed by atoms with van der Waals surface area (Å²) in [5, 5.41) is 2.70. The van der Waals surface area contributed by atoms with E-state index in [0.29, 0.717) is 0 Å². The van der Waals surface area contributed by atoms with Crippen LogP contribution in [0, 0.1) is 0 Å². The molecule has 1 aliphatic rings. The lowest BCUT2D eigenvalue weighted by atomic mass is 10.1. The van der Waals surface area contributed by atoms with Crippen LogP contribution in [-0.4, -0.2) is 5.91 Å². The van der Waals surface area contributed by atoms with Crippen molar-refractivity contribution in [1.29, 1.82) is 0 Å². The summed E-state index contributed by atoms with van der Waals surface area (Å²) in [6.45, 7) is 5.28. The lowest BCUT2D eigenvalue weighted by Gasteiger charge is -2.07. The molecule has 0 aromatic heterocycles. The van der Waals surface area contributed by atoms with Gasteiger partial charge >= 0.3 is 0 Å². The van der Waals surface area contributed by atoms with Crippen molar-refractivity contribution in [3.63, 3.8) is 0 Å². The van der Waals surface area contributed by atoms with E-state index in [9.17, 15) is 4.79 Å². The van der Waals surface area contributed by atoms with E-state index in [-0.39, 0.29) is 5.91 Å². The zero-order valence-corrected chi connectivity index (χ0v) is 6.55. The van der Waals surface area contributed by atoms with Gasteiger partial charge < -0.3 is 5.32 Å². The summed E-state index contributed by atoms with van der Waals surface area (Å²) in [7, 11) is 0. The number of rotatable bonds is 1. The lowest BCUT2D eigenvalue weighted by molar-refractivity contribution is -0.118. The summed E-state index contributed by atoms with van der Waals surface area (Å²) in [4.78, 5) is 10.6. The van der Waals surface area contributed by atoms with Crippen LogP contribution in [-0.2, 0) is 4.79 Å². The number of nitrogens with one attached hydrogen (secondary N) is 1. The van der Waals surface area contributed by atoms with Crippen molar-refractivity contribution in [2.45, 2.75) is 13.3 Å². The molecule has 0 bridgehead atoms. The van der Waals surface area contributed by atoms with Crippen molar-refractivity contribution in [1.82, 2.24) is 5.32 Å². The maximum absolute atomic E-state index is 10.6. The SMILES string of the molecule is C=C1C=CC(NC(C)=O)=CC1. The molecule has 58 valence electrons. The number of hydrogen-bond donors (Lipinski definition) is 1. The number of hydrogen-bond acceptors (Lipinski definition) is 1. The van der Waals surface area contributed by atoms with Crippen LogP contribution in [0.3, 0.4) is 0 Å². The second kappa shape index (κ2) is 3.19. The molecule has 0 aromatic rings. The monoisotopic (exact) mass is 149 g/mol. The quantitative estimate of drug-likeness (QED) is 0.601. The van der Waals surface area contributed by atoms with Gasteiger partial charge in [0.05, 0.1) is 0 Å². The van der Waals surface area contributed by atoms with Crippen LogP contribution >= 0.6 is 0 Å². The first-order valence-corrected chi connectivity index (χ1v) is 3.52. The summed E-state index contributed by atoms with van der Waals surface area (Å²) in [6, 6.07) is 0. The largest absolute Gasteiger partial charge is 0.327 e. The van der Waals surface area contributed by atoms with Gasteiger partial charge in [-0.2, -0.15) is 0 Å². The van der Waals surface area contributed by atoms with Crippen LogP contribution in [0.4, 0.5) is 0 Å². The standard InChI is InChI=1S/C9H11NO/c1-7-3-5-9(6-4-7)10-8(2)11/h3,5-6H,1,4H2,2H3,(H,10,11). The first-order valence-electron chi connectivity index (χ1n) is 3.52. The Labute approximate surface area is 66.3 Å². The normalized spacial score (nSPS) is 16.1. The molecular weight excluding hydrogens is 138 g/mol. The summed E-state index contributed by atoms with van der Waals surface area (Å²) >= 11 is 0. The van der Waals surface area contributed by atoms with E-state index in [1.165, 1.54) is 6.92 Å². The topological polar surface area (TPSA) is 29.1 Å². The number of amides is 1. The smallest absolute Gasteiger partial charge is 0.221 e. The molecule has 1 N–H and O–H groups in total. The Balaban J connectivity index is 2.56. The zero-order valence-electron chi connectivity index (χ0n) is 6.55. The van der Waals surface area contributed by atoms with Crippen molar-refractivity contribution >= 4 is 5.91 Å². The Hall–Kier alpha value is -1.31. The molecule has 0 spiro atoms. The fraction of sp³-hybridized carbons (Fsp3) is 0.222. The van der Waals surface area contributed by atoms with Crippen LogP contribution in [0.15, 0.2) is 36.1 Å². The molecule has 1 aliphatic carbocycles. The Morgan fingerprint density at radius 2 is 2.36 bits per heavy atom. The summed E-state index contributed by atoms with van der Waals surface area (Å²) in [5.74, 6) is -0.0339. The van der Waals surface area contributed by atoms with Crippen LogP contribution in [0.25, 0.3) is 0 Å². The Morgan fingerprint density at radius 1 is 1.64 bits per heavy atom. The molecule has 0 unspecified atom stereocenters. The highest BCUT2D eigenvalue weighted by atomic mass is 16.1. The first-order chi connectivity index (χ1) is 5.18. The van der Waals surface area contributed by atoms with E-state index in [1.54, 1.807) is 0 Å². The molecule has 0 aliphatic heterocycles. The summed E-state index contributed by atoms with van der Waals surface area (Å²) in [5.41, 5.74) is 1.93. The fourth-order valence-corrected chi connectivity index (χ4v) is 0.881. The first kappa shape index (κ1) is 7.79. The molecule has 0 saturated carbocycles. The maximum atomic E-state index is 10.6. The van der Waals surface area contributed by atoms with Crippen molar-refractivity contribution in [3.8, 4) is 0 Å². The van der Waals surface area contributed by atoms with Gasteiger partial charge in [0.15, 0.2) is 0 Å². The molecule has 11 heavy (non-hydrogen) atoms. The molecule has 0 aromatic carbocycles. The van der Waals surface area contributed by atoms with E-state index in [0.717, 1.165) is 17.7 Å². The average molecular weight is 149 g/mol. The molecule has 0 heterocycles. The number of allylic oxidation sites excluding steroid dienone is 4. The molecule has 0 saturated heterocycles. The number of carbonyl (C=O) groups excluding carboxylic acids is 1. The van der Waals surface area contributed by atoms with Gasteiger partial charge in [0.1, 0.15) is 0 Å². The Kier molecular flexibility index (Phi) is 2.26. The second-order valence-corrected chi connectivity index (χ2v) is 2.54. The lowest BCUT2D eigenvalue weighted by Crippen LogP contribution is -2.18. The Bertz CT molecular complexity index is 248. The molecular formula is C9H11NO. The van der Waals surface area contributed by atoms with Gasteiger partial charge in [-0.1, -0.05) is 24.3 Å². The molecule has 0 atom stereocenters. The van der Waals surface area contributed by atoms with Crippen LogP contribution in [0.2, 0.25) is 0 Å². The predicted molar refractivity (Wildman–Crippen MR) is 44.8 cm³/mol. The third-order valence-electron chi connectivity index (χ3n) is 1.40. The van der Waals surface area contributed by atoms with E-state index in [2.05, 4.69) is 11.9 Å². The third-order valence-corrected chi connectivity index (χ3v) is 1.40. The molecule has 1 amide bonds. The van der Waals surface area contributed by atoms with Gasteiger partial charge in [-0.25, -0.2) is 0 Å². The minimum atomic E-state index is -0.0339. The van der Waals surface area contributed by atoms with Gasteiger partial charge in [-0.15, -0.1) is 0 Å². The second-order valence-electron chi connectivity index (χ2n) is 2.54. The highest BCUT2D eigenvalue weighted by molar-refractivity contribution is 5.75. The highest BCUT2D eigenvalue weighted by Crippen LogP contribution is 2.10. The number of carbonyl (C=O) groups is 1. The molecule has 2 nitrogen and oxygen atoms in total. The molecule has 1 rings (SSSR count). The van der Waals surface area contributed by atoms with Gasteiger partial charge in [-0.3, -0.25) is 4.79 Å². The molecule has 0 fully saturated rings. The van der Waals surface area contributed by atoms with Gasteiger partial charge in [0.2, 0.25) is 5.91 Å². The minimum absolute atomic E-state index is 0.0339. The molecule has 0 radical (unpaired) electrons. The van der Waals surface area contributed by atoms with Crippen molar-refractivity contribution in [2.24, 2.45) is 0 Å². The maximum Gasteiger partial charge on any atom is 0.221 e. The summed E-state index contributed by atoms with van der Waals surface area (Å²) in [6.07, 6.45) is 6.54. The third kappa shape index (κ3) is 2.42. The average Bonchev–Trinajstić information content (AvgIpc) is 1.93. The van der Waals surface area contributed by atoms with E-state index in [1.807, 2.05) is 18.2 Å². The van der Waals surface area contributed by atoms with Gasteiger partial charge in [-0.05, 0) is 12.5 Å². The van der Waals surface area contributed by atoms with Gasteiger partial charge in [0.25, 0.3) is 0 Å². The predicted octanol–water partition coefficient (Wildman–Crippen LogP) is 1.52. The van der Waals surface area contributed by atoms with Crippen molar-refractivity contribution in [3.05, 3.63) is 36.1 Å². The van der Waals surface area contributed by atoms with Gasteiger partial charge in [0, 0.05) is 12.6 Å². The van der Waals surface area contributed by atoms with E-state index < -0.39 is 0 Å². The Morgan fingerprint density at radius 3 is 2.82 bits per heavy atom. The van der Waals surface area contributed by atoms with Crippen LogP contribution in [0.5, 0.6) is 0 Å². The fourth-order valence-electron chi connectivity index (χ4n) is 0.881.